The lowest BCUT2D eigenvalue weighted by molar-refractivity contribution is -0.157. The van der Waals surface area contributed by atoms with Crippen LogP contribution in [-0.4, -0.2) is 61.1 Å². The van der Waals surface area contributed by atoms with Crippen LogP contribution in [-0.2, 0) is 35.1 Å². The smallest absolute Gasteiger partial charge is 0.328 e. The number of hydrogen-bond donors (Lipinski definition) is 3. The van der Waals surface area contributed by atoms with Crippen LogP contribution in [0.15, 0.2) is 60.7 Å². The molecule has 0 bridgehead atoms. The molecule has 2 aliphatic heterocycles. The average Bonchev–Trinajstić information content (AvgIpc) is 3.84. The van der Waals surface area contributed by atoms with Crippen LogP contribution in [0, 0.1) is 17.3 Å². The van der Waals surface area contributed by atoms with Gasteiger partial charge in [-0.3, -0.25) is 14.4 Å². The van der Waals surface area contributed by atoms with E-state index in [0.717, 1.165) is 5.56 Å². The van der Waals surface area contributed by atoms with Gasteiger partial charge in [-0.15, -0.1) is 0 Å². The van der Waals surface area contributed by atoms with Gasteiger partial charge >= 0.3 is 5.97 Å². The Hall–Kier alpha value is -3.89. The number of hydrogen-bond acceptors (Lipinski definition) is 7. The first-order chi connectivity index (χ1) is 22.7. The largest absolute Gasteiger partial charge is 0.495 e. The summed E-state index contributed by atoms with van der Waals surface area (Å²) in [5.41, 5.74) is 0.615. The molecular weight excluding hydrogens is 634 g/mol. The summed E-state index contributed by atoms with van der Waals surface area (Å²) in [4.78, 5) is 54.4. The van der Waals surface area contributed by atoms with Gasteiger partial charge in [-0.25, -0.2) is 4.79 Å². The van der Waals surface area contributed by atoms with Gasteiger partial charge in [0.25, 0.3) is 0 Å². The standard InChI is InChI=1S/C37H48ClN3O7/c1-21(2)18-28-35(44)47-29(22(3)32-33(48-32)25-12-9-8-10-13-25)14-11-15-31(42)40-27(20-24-16-17-30(46-7)26(38)19-24)34(43)39-23(4)37(5,6)36(45)41-28/h8-13,15-17,19,21-23,27-29,32-33H,14,18,20H2,1-7H3,(H,39,43)(H,40,42)(H,41,45)/b15-11+/t22-,23?,27+,28-,29-,32+,33+/m0/s1. The van der Waals surface area contributed by atoms with Crippen LogP contribution in [0.3, 0.4) is 0 Å². The highest BCUT2D eigenvalue weighted by Crippen LogP contribution is 2.45. The first-order valence-electron chi connectivity index (χ1n) is 16.5. The molecule has 11 heteroatoms. The number of cyclic esters (lactones) is 1. The summed E-state index contributed by atoms with van der Waals surface area (Å²) in [6.07, 6.45) is 2.74. The van der Waals surface area contributed by atoms with E-state index in [4.69, 9.17) is 25.8 Å². The van der Waals surface area contributed by atoms with Crippen molar-refractivity contribution in [3.8, 4) is 5.75 Å². The number of epoxide rings is 1. The number of amides is 3. The number of benzene rings is 2. The zero-order chi connectivity index (χ0) is 35.2. The Morgan fingerprint density at radius 2 is 1.69 bits per heavy atom. The molecule has 48 heavy (non-hydrogen) atoms. The summed E-state index contributed by atoms with van der Waals surface area (Å²) in [5.74, 6) is -1.58. The van der Waals surface area contributed by atoms with Gasteiger partial charge in [-0.2, -0.15) is 0 Å². The minimum absolute atomic E-state index is 0.0783. The van der Waals surface area contributed by atoms with Crippen molar-refractivity contribution in [2.75, 3.05) is 7.11 Å². The van der Waals surface area contributed by atoms with E-state index in [-0.39, 0.29) is 36.9 Å². The highest BCUT2D eigenvalue weighted by Gasteiger charge is 2.48. The summed E-state index contributed by atoms with van der Waals surface area (Å²) in [6.45, 7) is 11.0. The van der Waals surface area contributed by atoms with Gasteiger partial charge in [-0.1, -0.05) is 74.8 Å². The number of methoxy groups -OCH3 is 1. The Bertz CT molecular complexity index is 1500. The predicted molar refractivity (Wildman–Crippen MR) is 183 cm³/mol. The van der Waals surface area contributed by atoms with Gasteiger partial charge in [0.15, 0.2) is 0 Å². The van der Waals surface area contributed by atoms with Crippen molar-refractivity contribution in [2.24, 2.45) is 17.3 Å². The molecule has 0 spiro atoms. The molecule has 1 unspecified atom stereocenters. The Labute approximate surface area is 288 Å². The van der Waals surface area contributed by atoms with Crippen molar-refractivity contribution in [3.63, 3.8) is 0 Å². The lowest BCUT2D eigenvalue weighted by Crippen LogP contribution is -2.58. The molecule has 2 aromatic rings. The van der Waals surface area contributed by atoms with Gasteiger partial charge in [0.2, 0.25) is 17.7 Å². The first kappa shape index (κ1) is 36.9. The number of nitrogens with one attached hydrogen (secondary N) is 3. The maximum absolute atomic E-state index is 13.7. The molecule has 3 amide bonds. The zero-order valence-corrected chi connectivity index (χ0v) is 29.5. The molecule has 0 aromatic heterocycles. The van der Waals surface area contributed by atoms with Crippen LogP contribution >= 0.6 is 11.6 Å². The highest BCUT2D eigenvalue weighted by atomic mass is 35.5. The fourth-order valence-electron chi connectivity index (χ4n) is 5.78. The summed E-state index contributed by atoms with van der Waals surface area (Å²) in [6, 6.07) is 12.4. The van der Waals surface area contributed by atoms with Crippen molar-refractivity contribution in [1.82, 2.24) is 16.0 Å². The minimum Gasteiger partial charge on any atom is -0.495 e. The van der Waals surface area contributed by atoms with E-state index in [1.165, 1.54) is 13.2 Å². The summed E-state index contributed by atoms with van der Waals surface area (Å²) >= 11 is 6.35. The lowest BCUT2D eigenvalue weighted by Gasteiger charge is -2.34. The molecule has 260 valence electrons. The third-order valence-corrected chi connectivity index (χ3v) is 9.57. The molecule has 0 radical (unpaired) electrons. The van der Waals surface area contributed by atoms with Gasteiger partial charge in [0.1, 0.15) is 30.0 Å². The molecular formula is C37H48ClN3O7. The maximum Gasteiger partial charge on any atom is 0.328 e. The number of carbonyl (C=O) groups is 4. The van der Waals surface area contributed by atoms with Crippen LogP contribution in [0.2, 0.25) is 5.02 Å². The minimum atomic E-state index is -1.13. The lowest BCUT2D eigenvalue weighted by atomic mass is 9.83. The Kier molecular flexibility index (Phi) is 12.3. The summed E-state index contributed by atoms with van der Waals surface area (Å²) < 4.78 is 17.4. The summed E-state index contributed by atoms with van der Waals surface area (Å²) in [7, 11) is 1.51. The van der Waals surface area contributed by atoms with E-state index in [1.54, 1.807) is 45.0 Å². The Morgan fingerprint density at radius 3 is 2.33 bits per heavy atom. The quantitative estimate of drug-likeness (QED) is 0.261. The molecule has 4 rings (SSSR count). The van der Waals surface area contributed by atoms with E-state index < -0.39 is 53.3 Å². The van der Waals surface area contributed by atoms with Gasteiger partial charge in [0, 0.05) is 24.8 Å². The fraction of sp³-hybridized carbons (Fsp3) is 0.514. The Morgan fingerprint density at radius 1 is 0.979 bits per heavy atom. The molecule has 10 nitrogen and oxygen atoms in total. The van der Waals surface area contributed by atoms with Crippen molar-refractivity contribution < 1.29 is 33.4 Å². The second-order valence-electron chi connectivity index (χ2n) is 13.7. The molecule has 0 aliphatic carbocycles. The normalized spacial score (nSPS) is 28.0. The van der Waals surface area contributed by atoms with Gasteiger partial charge in [0.05, 0.1) is 23.7 Å². The number of halogens is 1. The van der Waals surface area contributed by atoms with Crippen LogP contribution in [0.25, 0.3) is 0 Å². The highest BCUT2D eigenvalue weighted by molar-refractivity contribution is 6.32. The third-order valence-electron chi connectivity index (χ3n) is 9.28. The SMILES string of the molecule is COc1ccc(C[C@H]2NC(=O)/C=C/C[C@@H]([C@H](C)[C@H]3O[C@@H]3c3ccccc3)OC(=O)[C@H](CC(C)C)NC(=O)C(C)(C)C(C)NC2=O)cc1Cl. The number of carbonyl (C=O) groups excluding carboxylic acids is 4. The molecule has 3 N–H and O–H groups in total. The van der Waals surface area contributed by atoms with Crippen molar-refractivity contribution in [2.45, 2.75) is 97.2 Å². The van der Waals surface area contributed by atoms with Crippen LogP contribution < -0.4 is 20.7 Å². The molecule has 2 aromatic carbocycles. The fourth-order valence-corrected chi connectivity index (χ4v) is 6.06. The second-order valence-corrected chi connectivity index (χ2v) is 14.2. The monoisotopic (exact) mass is 681 g/mol. The molecule has 7 atom stereocenters. The molecule has 2 aliphatic rings. The predicted octanol–water partition coefficient (Wildman–Crippen LogP) is 5.09. The molecule has 0 saturated carbocycles. The van der Waals surface area contributed by atoms with Crippen molar-refractivity contribution >= 4 is 35.3 Å². The number of ether oxygens (including phenoxy) is 3. The van der Waals surface area contributed by atoms with E-state index in [0.29, 0.717) is 22.8 Å². The van der Waals surface area contributed by atoms with E-state index in [2.05, 4.69) is 16.0 Å². The maximum atomic E-state index is 13.7. The van der Waals surface area contributed by atoms with E-state index >= 15 is 0 Å². The van der Waals surface area contributed by atoms with Gasteiger partial charge < -0.3 is 30.2 Å². The molecule has 1 fully saturated rings. The third kappa shape index (κ3) is 9.38. The van der Waals surface area contributed by atoms with E-state index in [9.17, 15) is 19.2 Å². The first-order valence-corrected chi connectivity index (χ1v) is 16.9. The topological polar surface area (TPSA) is 135 Å². The zero-order valence-electron chi connectivity index (χ0n) is 28.7. The Balaban J connectivity index is 1.64. The van der Waals surface area contributed by atoms with Crippen molar-refractivity contribution in [1.29, 1.82) is 0 Å². The van der Waals surface area contributed by atoms with E-state index in [1.807, 2.05) is 51.1 Å². The number of rotatable bonds is 8. The molecule has 1 saturated heterocycles. The summed E-state index contributed by atoms with van der Waals surface area (Å²) in [5, 5.41) is 9.01. The van der Waals surface area contributed by atoms with Gasteiger partial charge in [-0.05, 0) is 62.4 Å². The van der Waals surface area contributed by atoms with Crippen LogP contribution in [0.1, 0.15) is 71.6 Å². The van der Waals surface area contributed by atoms with Crippen molar-refractivity contribution in [3.05, 3.63) is 76.8 Å². The van der Waals surface area contributed by atoms with Crippen LogP contribution in [0.4, 0.5) is 0 Å². The second kappa shape index (κ2) is 16.0. The van der Waals surface area contributed by atoms with Crippen LogP contribution in [0.5, 0.6) is 5.75 Å². The number of esters is 1. The molecule has 2 heterocycles. The average molecular weight is 682 g/mol.